The van der Waals surface area contributed by atoms with E-state index in [1.807, 2.05) is 33.8 Å². The van der Waals surface area contributed by atoms with Gasteiger partial charge in [0.15, 0.2) is 0 Å². The molecule has 8 heteroatoms. The molecule has 7 nitrogen and oxygen atoms in total. The molecule has 0 saturated carbocycles. The second kappa shape index (κ2) is 9.64. The summed E-state index contributed by atoms with van der Waals surface area (Å²) in [5.74, 6) is -0.388. The summed E-state index contributed by atoms with van der Waals surface area (Å²) in [6.07, 6.45) is 3.01. The predicted octanol–water partition coefficient (Wildman–Crippen LogP) is 3.10. The molecule has 1 aromatic carbocycles. The Morgan fingerprint density at radius 3 is 2.52 bits per heavy atom. The Kier molecular flexibility index (Phi) is 7.26. The van der Waals surface area contributed by atoms with Crippen molar-refractivity contribution in [1.82, 2.24) is 15.6 Å². The molecule has 0 aliphatic rings. The highest BCUT2D eigenvalue weighted by atomic mass is 19.1. The van der Waals surface area contributed by atoms with Gasteiger partial charge in [-0.15, -0.1) is 4.99 Å². The monoisotopic (exact) mass is 396 g/mol. The lowest BCUT2D eigenvalue weighted by Gasteiger charge is -2.33. The normalized spacial score (nSPS) is 12.6. The number of anilines is 1. The molecule has 152 valence electrons. The smallest absolute Gasteiger partial charge is 0.226 e. The summed E-state index contributed by atoms with van der Waals surface area (Å²) in [6.45, 7) is 7.67. The molecule has 2 aromatic rings. The molecule has 0 radical (unpaired) electrons. The molecule has 1 atom stereocenters. The molecule has 29 heavy (non-hydrogen) atoms. The molecule has 1 unspecified atom stereocenters. The van der Waals surface area contributed by atoms with Gasteiger partial charge < -0.3 is 16.0 Å². The lowest BCUT2D eigenvalue weighted by molar-refractivity contribution is -0.122. The van der Waals surface area contributed by atoms with Crippen LogP contribution in [0.2, 0.25) is 0 Å². The number of pyridine rings is 1. The van der Waals surface area contributed by atoms with E-state index in [4.69, 9.17) is 5.26 Å². The standard InChI is InChI=1S/C21H25FN6O/c1-14-17(6-5-11-24-14)26-20(25-13-23)28-19(21(2,3)4)27-18(29)12-15-7-9-16(22)10-8-15/h5-11,19H,12H2,1-4H3,(H,27,29)(H2,25,26,28). The second-order valence-corrected chi connectivity index (χ2v) is 7.64. The van der Waals surface area contributed by atoms with Crippen LogP contribution >= 0.6 is 0 Å². The maximum atomic E-state index is 13.1. The number of nitrogens with zero attached hydrogens (tertiary/aromatic N) is 3. The molecule has 0 aliphatic carbocycles. The predicted molar refractivity (Wildman–Crippen MR) is 110 cm³/mol. The van der Waals surface area contributed by atoms with Crippen molar-refractivity contribution in [3.63, 3.8) is 0 Å². The van der Waals surface area contributed by atoms with E-state index in [1.165, 1.54) is 12.1 Å². The molecule has 0 aliphatic heterocycles. The summed E-state index contributed by atoms with van der Waals surface area (Å²) < 4.78 is 13.1. The summed E-state index contributed by atoms with van der Waals surface area (Å²) >= 11 is 0. The topological polar surface area (TPSA) is 102 Å². The fraction of sp³-hybridized carbons (Fsp3) is 0.333. The van der Waals surface area contributed by atoms with Crippen molar-refractivity contribution >= 4 is 17.6 Å². The van der Waals surface area contributed by atoms with Gasteiger partial charge in [-0.05, 0) is 36.8 Å². The van der Waals surface area contributed by atoms with Crippen LogP contribution in [-0.2, 0) is 11.2 Å². The zero-order valence-electron chi connectivity index (χ0n) is 17.0. The number of benzene rings is 1. The third kappa shape index (κ3) is 6.88. The van der Waals surface area contributed by atoms with Gasteiger partial charge >= 0.3 is 0 Å². The van der Waals surface area contributed by atoms with Gasteiger partial charge in [-0.1, -0.05) is 32.9 Å². The molecule has 1 aromatic heterocycles. The summed E-state index contributed by atoms with van der Waals surface area (Å²) in [5, 5.41) is 18.1. The largest absolute Gasteiger partial charge is 0.335 e. The lowest BCUT2D eigenvalue weighted by Crippen LogP contribution is -2.56. The quantitative estimate of drug-likeness (QED) is 0.312. The number of carbonyl (C=O) groups excluding carboxylic acids is 1. The van der Waals surface area contributed by atoms with Crippen LogP contribution in [-0.4, -0.2) is 23.0 Å². The van der Waals surface area contributed by atoms with Crippen molar-refractivity contribution in [2.24, 2.45) is 10.4 Å². The Morgan fingerprint density at radius 1 is 1.24 bits per heavy atom. The number of aryl methyl sites for hydroxylation is 1. The molecule has 1 heterocycles. The van der Waals surface area contributed by atoms with Crippen LogP contribution in [0.4, 0.5) is 10.1 Å². The minimum atomic E-state index is -0.521. The van der Waals surface area contributed by atoms with Gasteiger partial charge in [-0.3, -0.25) is 9.78 Å². The molecular weight excluding hydrogens is 371 g/mol. The van der Waals surface area contributed by atoms with Gasteiger partial charge in [0, 0.05) is 11.6 Å². The number of hydrogen-bond donors (Lipinski definition) is 3. The summed E-state index contributed by atoms with van der Waals surface area (Å²) in [7, 11) is 0. The third-order valence-electron chi connectivity index (χ3n) is 4.15. The summed E-state index contributed by atoms with van der Waals surface area (Å²) in [4.78, 5) is 20.5. The number of halogens is 1. The highest BCUT2D eigenvalue weighted by molar-refractivity contribution is 5.95. The van der Waals surface area contributed by atoms with Crippen LogP contribution in [0, 0.1) is 29.6 Å². The number of guanidine groups is 1. The van der Waals surface area contributed by atoms with E-state index in [1.54, 1.807) is 30.6 Å². The van der Waals surface area contributed by atoms with E-state index in [0.717, 1.165) is 5.69 Å². The minimum absolute atomic E-state index is 0.106. The molecule has 2 rings (SSSR count). The van der Waals surface area contributed by atoms with Crippen LogP contribution in [0.15, 0.2) is 47.6 Å². The van der Waals surface area contributed by atoms with E-state index in [2.05, 4.69) is 25.9 Å². The zero-order chi connectivity index (χ0) is 21.4. The number of nitriles is 1. The average Bonchev–Trinajstić information content (AvgIpc) is 2.64. The molecule has 1 amide bonds. The van der Waals surface area contributed by atoms with Crippen molar-refractivity contribution in [3.8, 4) is 6.19 Å². The first-order chi connectivity index (χ1) is 13.7. The summed E-state index contributed by atoms with van der Waals surface area (Å²) in [5.41, 5.74) is 1.75. The average molecular weight is 396 g/mol. The van der Waals surface area contributed by atoms with Crippen molar-refractivity contribution < 1.29 is 9.18 Å². The first-order valence-corrected chi connectivity index (χ1v) is 9.15. The zero-order valence-corrected chi connectivity index (χ0v) is 17.0. The van der Waals surface area contributed by atoms with E-state index in [9.17, 15) is 9.18 Å². The molecule has 0 spiro atoms. The Hall–Kier alpha value is -3.47. The van der Waals surface area contributed by atoms with E-state index >= 15 is 0 Å². The Bertz CT molecular complexity index is 912. The second-order valence-electron chi connectivity index (χ2n) is 7.64. The van der Waals surface area contributed by atoms with Gasteiger partial charge in [0.25, 0.3) is 0 Å². The summed E-state index contributed by atoms with van der Waals surface area (Å²) in [6, 6.07) is 9.37. The van der Waals surface area contributed by atoms with Crippen molar-refractivity contribution in [1.29, 1.82) is 5.26 Å². The lowest BCUT2D eigenvalue weighted by atomic mass is 9.92. The van der Waals surface area contributed by atoms with Crippen LogP contribution in [0.1, 0.15) is 32.0 Å². The fourth-order valence-corrected chi connectivity index (χ4v) is 2.50. The highest BCUT2D eigenvalue weighted by Crippen LogP contribution is 2.18. The third-order valence-corrected chi connectivity index (χ3v) is 4.15. The van der Waals surface area contributed by atoms with Crippen molar-refractivity contribution in [2.75, 3.05) is 5.32 Å². The minimum Gasteiger partial charge on any atom is -0.335 e. The maximum absolute atomic E-state index is 13.1. The van der Waals surface area contributed by atoms with Crippen LogP contribution in [0.25, 0.3) is 0 Å². The molecule has 0 fully saturated rings. The fourth-order valence-electron chi connectivity index (χ4n) is 2.50. The number of carbonyl (C=O) groups is 1. The van der Waals surface area contributed by atoms with Crippen molar-refractivity contribution in [3.05, 3.63) is 59.7 Å². The molecule has 3 N–H and O–H groups in total. The van der Waals surface area contributed by atoms with Gasteiger partial charge in [-0.2, -0.15) is 5.26 Å². The van der Waals surface area contributed by atoms with E-state index in [-0.39, 0.29) is 29.5 Å². The first kappa shape index (κ1) is 21.8. The van der Waals surface area contributed by atoms with Gasteiger partial charge in [0.1, 0.15) is 12.0 Å². The number of rotatable bonds is 5. The Balaban J connectivity index is 2.12. The van der Waals surface area contributed by atoms with Crippen LogP contribution < -0.4 is 16.0 Å². The van der Waals surface area contributed by atoms with Crippen LogP contribution in [0.3, 0.4) is 0 Å². The molecular formula is C21H25FN6O. The number of aliphatic imine (C=N–C) groups is 1. The number of amides is 1. The van der Waals surface area contributed by atoms with Gasteiger partial charge in [-0.25, -0.2) is 4.39 Å². The Labute approximate surface area is 170 Å². The number of hydrogen-bond acceptors (Lipinski definition) is 4. The van der Waals surface area contributed by atoms with E-state index < -0.39 is 6.17 Å². The van der Waals surface area contributed by atoms with Gasteiger partial charge in [0.05, 0.1) is 17.8 Å². The molecule has 0 saturated heterocycles. The number of nitrogens with one attached hydrogen (secondary N) is 3. The highest BCUT2D eigenvalue weighted by Gasteiger charge is 2.27. The van der Waals surface area contributed by atoms with Crippen LogP contribution in [0.5, 0.6) is 0 Å². The maximum Gasteiger partial charge on any atom is 0.226 e. The number of aromatic nitrogens is 1. The Morgan fingerprint density at radius 2 is 1.93 bits per heavy atom. The molecule has 0 bridgehead atoms. The van der Waals surface area contributed by atoms with Crippen molar-refractivity contribution in [2.45, 2.75) is 40.3 Å². The van der Waals surface area contributed by atoms with E-state index in [0.29, 0.717) is 11.3 Å². The van der Waals surface area contributed by atoms with Gasteiger partial charge in [0.2, 0.25) is 18.1 Å². The SMILES string of the molecule is Cc1ncccc1N/C(=N\C#N)NC(NC(=O)Cc1ccc(F)cc1)C(C)(C)C. The first-order valence-electron chi connectivity index (χ1n) is 9.15.